The molecule has 1 amide bonds. The number of pyridine rings is 1. The first-order valence-electron chi connectivity index (χ1n) is 10.6. The smallest absolute Gasteiger partial charge is 0.274 e. The lowest BCUT2D eigenvalue weighted by Gasteiger charge is -2.09. The summed E-state index contributed by atoms with van der Waals surface area (Å²) in [5.41, 5.74) is 3.39. The summed E-state index contributed by atoms with van der Waals surface area (Å²) in [6.07, 6.45) is 6.47. The van der Waals surface area contributed by atoms with E-state index < -0.39 is 5.82 Å². The average Bonchev–Trinajstić information content (AvgIpc) is 3.15. The highest BCUT2D eigenvalue weighted by Gasteiger charge is 2.49. The molecule has 4 heterocycles. The zero-order valence-electron chi connectivity index (χ0n) is 17.4. The monoisotopic (exact) mass is 432 g/mol. The van der Waals surface area contributed by atoms with E-state index in [9.17, 15) is 9.18 Å². The number of carbonyl (C=O) groups is 1. The van der Waals surface area contributed by atoms with Crippen molar-refractivity contribution in [1.82, 2.24) is 24.8 Å². The third-order valence-corrected chi connectivity index (χ3v) is 6.51. The van der Waals surface area contributed by atoms with E-state index in [0.29, 0.717) is 34.2 Å². The summed E-state index contributed by atoms with van der Waals surface area (Å²) >= 11 is 0. The number of nitrogens with one attached hydrogen (secondary N) is 2. The number of hydrogen-bond donors (Lipinski definition) is 2. The molecule has 8 nitrogen and oxygen atoms in total. The number of amides is 1. The van der Waals surface area contributed by atoms with Crippen LogP contribution in [0.4, 0.5) is 10.1 Å². The van der Waals surface area contributed by atoms with E-state index in [4.69, 9.17) is 4.52 Å². The van der Waals surface area contributed by atoms with E-state index in [2.05, 4.69) is 25.8 Å². The van der Waals surface area contributed by atoms with Crippen molar-refractivity contribution >= 4 is 17.2 Å². The zero-order valence-corrected chi connectivity index (χ0v) is 17.4. The summed E-state index contributed by atoms with van der Waals surface area (Å²) in [7, 11) is 0. The molecule has 1 aromatic carbocycles. The Morgan fingerprint density at radius 3 is 3.00 bits per heavy atom. The Morgan fingerprint density at radius 1 is 1.31 bits per heavy atom. The minimum absolute atomic E-state index is 0.100. The molecule has 1 atom stereocenters. The molecule has 162 valence electrons. The number of rotatable bonds is 4. The van der Waals surface area contributed by atoms with Crippen molar-refractivity contribution < 1.29 is 13.7 Å². The van der Waals surface area contributed by atoms with Gasteiger partial charge in [0.15, 0.2) is 0 Å². The van der Waals surface area contributed by atoms with Crippen LogP contribution in [0.25, 0.3) is 17.0 Å². The van der Waals surface area contributed by atoms with Gasteiger partial charge in [-0.05, 0) is 49.3 Å². The fourth-order valence-corrected chi connectivity index (χ4v) is 4.35. The summed E-state index contributed by atoms with van der Waals surface area (Å²) in [6, 6.07) is 8.30. The fraction of sp³-hybridized carbons (Fsp3) is 0.304. The van der Waals surface area contributed by atoms with Gasteiger partial charge in [0.1, 0.15) is 17.2 Å². The molecule has 3 aromatic heterocycles. The van der Waals surface area contributed by atoms with E-state index in [1.165, 1.54) is 37.4 Å². The molecule has 6 rings (SSSR count). The number of hydrogen-bond acceptors (Lipinski definition) is 6. The lowest BCUT2D eigenvalue weighted by atomic mass is 10.0. The number of aromatic nitrogens is 4. The highest BCUT2D eigenvalue weighted by Crippen LogP contribution is 2.54. The predicted octanol–water partition coefficient (Wildman–Crippen LogP) is 3.90. The van der Waals surface area contributed by atoms with Gasteiger partial charge in [-0.15, -0.1) is 0 Å². The van der Waals surface area contributed by atoms with Gasteiger partial charge >= 0.3 is 0 Å². The summed E-state index contributed by atoms with van der Waals surface area (Å²) in [4.78, 5) is 21.6. The van der Waals surface area contributed by atoms with Crippen LogP contribution in [0, 0.1) is 18.2 Å². The Morgan fingerprint density at radius 2 is 2.19 bits per heavy atom. The van der Waals surface area contributed by atoms with E-state index >= 15 is 0 Å². The molecule has 2 N–H and O–H groups in total. The van der Waals surface area contributed by atoms with Gasteiger partial charge in [-0.3, -0.25) is 9.20 Å². The van der Waals surface area contributed by atoms with Gasteiger partial charge in [-0.2, -0.15) is 4.98 Å². The van der Waals surface area contributed by atoms with Crippen LogP contribution in [0.15, 0.2) is 47.2 Å². The Balaban J connectivity index is 1.25. The van der Waals surface area contributed by atoms with Crippen LogP contribution in [0.2, 0.25) is 0 Å². The summed E-state index contributed by atoms with van der Waals surface area (Å²) < 4.78 is 20.5. The topological polar surface area (TPSA) is 97.4 Å². The molecule has 0 bridgehead atoms. The molecule has 1 aliphatic heterocycles. The summed E-state index contributed by atoms with van der Waals surface area (Å²) in [6.45, 7) is 2.91. The average molecular weight is 432 g/mol. The van der Waals surface area contributed by atoms with Gasteiger partial charge in [-0.25, -0.2) is 9.37 Å². The van der Waals surface area contributed by atoms with E-state index in [1.54, 1.807) is 4.40 Å². The largest absolute Gasteiger partial charge is 0.337 e. The fourth-order valence-electron chi connectivity index (χ4n) is 4.35. The first-order chi connectivity index (χ1) is 15.5. The van der Waals surface area contributed by atoms with E-state index in [0.717, 1.165) is 24.1 Å². The van der Waals surface area contributed by atoms with Gasteiger partial charge in [0.05, 0.1) is 12.2 Å². The third-order valence-electron chi connectivity index (χ3n) is 6.51. The number of carbonyl (C=O) groups excluding carboxylic acids is 1. The molecule has 2 aliphatic rings. The van der Waals surface area contributed by atoms with Crippen LogP contribution < -0.4 is 10.6 Å². The second kappa shape index (κ2) is 6.96. The van der Waals surface area contributed by atoms with Crippen LogP contribution >= 0.6 is 0 Å². The minimum Gasteiger partial charge on any atom is -0.337 e. The van der Waals surface area contributed by atoms with Gasteiger partial charge < -0.3 is 15.2 Å². The van der Waals surface area contributed by atoms with Gasteiger partial charge in [0.2, 0.25) is 11.7 Å². The second-order valence-electron chi connectivity index (χ2n) is 8.79. The Labute approximate surface area is 182 Å². The Kier molecular flexibility index (Phi) is 4.16. The van der Waals surface area contributed by atoms with Gasteiger partial charge in [0.25, 0.3) is 5.91 Å². The lowest BCUT2D eigenvalue weighted by molar-refractivity contribution is 0.102. The number of imidazole rings is 1. The molecule has 2 fully saturated rings. The summed E-state index contributed by atoms with van der Waals surface area (Å²) in [5, 5.41) is 10.6. The molecule has 4 aromatic rings. The van der Waals surface area contributed by atoms with Crippen LogP contribution in [0.5, 0.6) is 0 Å². The first kappa shape index (κ1) is 19.1. The van der Waals surface area contributed by atoms with Crippen molar-refractivity contribution in [1.29, 1.82) is 0 Å². The van der Waals surface area contributed by atoms with Crippen molar-refractivity contribution in [3.05, 3.63) is 65.7 Å². The van der Waals surface area contributed by atoms with Crippen LogP contribution in [-0.4, -0.2) is 32.0 Å². The number of fused-ring (bicyclic) bond motifs is 1. The normalized spacial score (nSPS) is 19.0. The van der Waals surface area contributed by atoms with Crippen molar-refractivity contribution in [2.75, 3.05) is 11.9 Å². The van der Waals surface area contributed by atoms with Crippen LogP contribution in [-0.2, 0) is 0 Å². The molecule has 9 heteroatoms. The standard InChI is InChI=1S/C23H21FN6O2/c1-13-2-3-14(20-28-22(32-29-20)17-10-23(5-6-23)12-26-17)8-16(13)27-21(31)18-11-25-19-9-15(24)4-7-30(18)19/h2-4,7-9,11,17,26H,5-6,10,12H2,1H3,(H,27,31). The quantitative estimate of drug-likeness (QED) is 0.508. The third kappa shape index (κ3) is 3.25. The van der Waals surface area contributed by atoms with Crippen molar-refractivity contribution in [3.8, 4) is 11.4 Å². The molecular weight excluding hydrogens is 411 g/mol. The molecule has 32 heavy (non-hydrogen) atoms. The van der Waals surface area contributed by atoms with E-state index in [-0.39, 0.29) is 11.9 Å². The summed E-state index contributed by atoms with van der Waals surface area (Å²) in [5.74, 6) is 0.341. The molecule has 1 aliphatic carbocycles. The highest BCUT2D eigenvalue weighted by molar-refractivity contribution is 6.04. The van der Waals surface area contributed by atoms with Crippen LogP contribution in [0.1, 0.15) is 47.2 Å². The molecular formula is C23H21FN6O2. The maximum absolute atomic E-state index is 13.4. The minimum atomic E-state index is -0.404. The molecule has 1 spiro atoms. The van der Waals surface area contributed by atoms with Crippen molar-refractivity contribution in [3.63, 3.8) is 0 Å². The van der Waals surface area contributed by atoms with Crippen molar-refractivity contribution in [2.24, 2.45) is 5.41 Å². The number of nitrogens with zero attached hydrogens (tertiary/aromatic N) is 4. The molecule has 1 saturated heterocycles. The number of halogens is 1. The zero-order chi connectivity index (χ0) is 21.9. The highest BCUT2D eigenvalue weighted by atomic mass is 19.1. The number of aryl methyl sites for hydroxylation is 1. The predicted molar refractivity (Wildman–Crippen MR) is 115 cm³/mol. The molecule has 1 unspecified atom stereocenters. The first-order valence-corrected chi connectivity index (χ1v) is 10.6. The second-order valence-corrected chi connectivity index (χ2v) is 8.79. The lowest BCUT2D eigenvalue weighted by Crippen LogP contribution is -2.15. The Hall–Kier alpha value is -3.59. The maximum atomic E-state index is 13.4. The van der Waals surface area contributed by atoms with Crippen molar-refractivity contribution in [2.45, 2.75) is 32.2 Å². The van der Waals surface area contributed by atoms with Crippen LogP contribution in [0.3, 0.4) is 0 Å². The SMILES string of the molecule is Cc1ccc(-c2noc(C3CC4(CC4)CN3)n2)cc1NC(=O)c1cnc2cc(F)ccn12. The maximum Gasteiger partial charge on any atom is 0.274 e. The number of benzene rings is 1. The Bertz CT molecular complexity index is 1360. The van der Waals surface area contributed by atoms with Gasteiger partial charge in [0, 0.05) is 30.1 Å². The molecule has 1 saturated carbocycles. The van der Waals surface area contributed by atoms with Gasteiger partial charge in [-0.1, -0.05) is 17.3 Å². The van der Waals surface area contributed by atoms with E-state index in [1.807, 2.05) is 25.1 Å². The number of anilines is 1. The molecule has 0 radical (unpaired) electrons.